The molecule has 4 saturated heterocycles. The van der Waals surface area contributed by atoms with Gasteiger partial charge in [0.15, 0.2) is 24.5 Å². The summed E-state index contributed by atoms with van der Waals surface area (Å²) in [5, 5.41) is 79.0. The number of rotatable bonds is 7. The van der Waals surface area contributed by atoms with Gasteiger partial charge in [0.05, 0.1) is 48.8 Å². The lowest BCUT2D eigenvalue weighted by molar-refractivity contribution is -0.336. The number of hydrogen-bond donors (Lipinski definition) is 7. The topological polar surface area (TPSA) is 257 Å². The number of aliphatic hydroxyl groups excluding tert-OH is 7. The first-order valence-electron chi connectivity index (χ1n) is 27.9. The van der Waals surface area contributed by atoms with E-state index in [4.69, 9.17) is 33.2 Å². The van der Waals surface area contributed by atoms with Gasteiger partial charge in [-0.2, -0.15) is 0 Å². The van der Waals surface area contributed by atoms with Crippen LogP contribution in [0.4, 0.5) is 0 Å². The lowest BCUT2D eigenvalue weighted by Gasteiger charge is -2.55. The fraction of sp³-hybridized carbons (Fsp3) is 0.810. The Bertz CT molecular complexity index is 2220. The van der Waals surface area contributed by atoms with E-state index in [1.807, 2.05) is 53.7 Å². The summed E-state index contributed by atoms with van der Waals surface area (Å²) in [4.78, 5) is 43.7. The third kappa shape index (κ3) is 10.7. The van der Waals surface area contributed by atoms with Crippen molar-refractivity contribution in [2.75, 3.05) is 6.61 Å². The minimum absolute atomic E-state index is 0.0260. The summed E-state index contributed by atoms with van der Waals surface area (Å²) in [7, 11) is 0. The molecule has 0 aromatic rings. The molecule has 4 aliphatic heterocycles. The Kier molecular flexibility index (Phi) is 17.3. The van der Waals surface area contributed by atoms with Crippen molar-refractivity contribution in [1.29, 1.82) is 0 Å². The van der Waals surface area contributed by atoms with Gasteiger partial charge in [0.2, 0.25) is 5.78 Å². The van der Waals surface area contributed by atoms with Gasteiger partial charge in [-0.25, -0.2) is 4.79 Å². The van der Waals surface area contributed by atoms with Crippen LogP contribution in [-0.4, -0.2) is 152 Å². The molecular weight excluding hydrogens is 969 g/mol. The van der Waals surface area contributed by atoms with E-state index in [0.717, 1.165) is 16.7 Å². The third-order valence-electron chi connectivity index (χ3n) is 19.4. The van der Waals surface area contributed by atoms with E-state index >= 15 is 4.79 Å². The molecule has 0 radical (unpaired) electrons. The molecule has 0 amide bonds. The minimum Gasteiger partial charge on any atom is -0.511 e. The summed E-state index contributed by atoms with van der Waals surface area (Å²) in [6.07, 6.45) is -3.40. The van der Waals surface area contributed by atoms with Crippen molar-refractivity contribution in [3.05, 3.63) is 46.3 Å². The lowest BCUT2D eigenvalue weighted by Crippen LogP contribution is -2.56. The van der Waals surface area contributed by atoms with Crippen LogP contribution in [0.25, 0.3) is 0 Å². The van der Waals surface area contributed by atoms with Gasteiger partial charge < -0.3 is 68.9 Å². The first-order chi connectivity index (χ1) is 35.2. The Morgan fingerprint density at radius 3 is 1.79 bits per heavy atom. The fourth-order valence-corrected chi connectivity index (χ4v) is 15.3. The summed E-state index contributed by atoms with van der Waals surface area (Å²) in [5.41, 5.74) is -1.79. The molecule has 17 nitrogen and oxygen atoms in total. The smallest absolute Gasteiger partial charge is 0.346 e. The molecule has 7 N–H and O–H groups in total. The van der Waals surface area contributed by atoms with Gasteiger partial charge in [0, 0.05) is 73.2 Å². The average Bonchev–Trinajstić information content (AvgIpc) is 3.58. The van der Waals surface area contributed by atoms with E-state index in [-0.39, 0.29) is 62.2 Å². The summed E-state index contributed by atoms with van der Waals surface area (Å²) >= 11 is 0. The SMILES string of the molecule is CC1=C[C@H](CO)C[C@@H](C)[C@H](O[C@H]2C[C@H](O)[C@H](O[C@H]3C[C@H](O)[C@H](O[C@H]4C[C@H](O)[C@H](O)[C@@H](C)O4)[C@@H](C)O3)[C@@H](C)O2)[C@H](C)CCC[C@]2(C)C=C(C)[C@H](C)C[C@]23OC(=O)C(=C(O)[C@@]2(C)[C@@H]1C(C)=C[C@H]1[C@H]2[C@@H](C)C(=O)C[C@@H]1O)C3=O. The van der Waals surface area contributed by atoms with Crippen LogP contribution in [0.3, 0.4) is 0 Å². The number of carbonyl (C=O) groups excluding carboxylic acids is 3. The Morgan fingerprint density at radius 1 is 0.680 bits per heavy atom. The number of aliphatic hydroxyl groups is 7. The average molecular weight is 1060 g/mol. The third-order valence-corrected chi connectivity index (χ3v) is 19.4. The quantitative estimate of drug-likeness (QED) is 0.0897. The molecule has 422 valence electrons. The molecule has 17 heteroatoms. The molecule has 4 heterocycles. The van der Waals surface area contributed by atoms with Crippen LogP contribution in [0, 0.1) is 58.2 Å². The van der Waals surface area contributed by atoms with Gasteiger partial charge in [-0.1, -0.05) is 82.9 Å². The summed E-state index contributed by atoms with van der Waals surface area (Å²) < 4.78 is 44.2. The van der Waals surface area contributed by atoms with Gasteiger partial charge in [0.25, 0.3) is 0 Å². The highest BCUT2D eigenvalue weighted by atomic mass is 16.7. The first-order valence-corrected chi connectivity index (χ1v) is 27.9. The molecular formula is C58H88O17. The largest absolute Gasteiger partial charge is 0.511 e. The van der Waals surface area contributed by atoms with E-state index in [1.165, 1.54) is 0 Å². The summed E-state index contributed by atoms with van der Waals surface area (Å²) in [6, 6.07) is 0. The molecule has 25 atom stereocenters. The second kappa shape index (κ2) is 22.3. The second-order valence-corrected chi connectivity index (χ2v) is 24.9. The maximum atomic E-state index is 15.5. The molecule has 0 unspecified atom stereocenters. The summed E-state index contributed by atoms with van der Waals surface area (Å²) in [6.45, 7) is 22.6. The highest BCUT2D eigenvalue weighted by Gasteiger charge is 2.67. The van der Waals surface area contributed by atoms with Crippen molar-refractivity contribution in [3.8, 4) is 0 Å². The Morgan fingerprint density at radius 2 is 1.23 bits per heavy atom. The number of ether oxygens (including phenoxy) is 7. The zero-order valence-electron chi connectivity index (χ0n) is 46.2. The zero-order chi connectivity index (χ0) is 55.0. The van der Waals surface area contributed by atoms with Crippen molar-refractivity contribution in [1.82, 2.24) is 0 Å². The van der Waals surface area contributed by atoms with Crippen molar-refractivity contribution >= 4 is 17.5 Å². The predicted octanol–water partition coefficient (Wildman–Crippen LogP) is 5.85. The first kappa shape index (κ1) is 58.2. The molecule has 75 heavy (non-hydrogen) atoms. The monoisotopic (exact) mass is 1060 g/mol. The number of hydrogen-bond acceptors (Lipinski definition) is 17. The molecule has 0 aromatic carbocycles. The van der Waals surface area contributed by atoms with Gasteiger partial charge in [-0.3, -0.25) is 9.59 Å². The lowest BCUT2D eigenvalue weighted by atomic mass is 9.48. The van der Waals surface area contributed by atoms with E-state index < -0.39 is 155 Å². The maximum Gasteiger partial charge on any atom is 0.346 e. The molecule has 0 aromatic heterocycles. The number of esters is 1. The molecule has 8 rings (SSSR count). The van der Waals surface area contributed by atoms with E-state index in [2.05, 4.69) is 19.9 Å². The van der Waals surface area contributed by atoms with Crippen molar-refractivity contribution < 1.29 is 83.3 Å². The molecule has 8 aliphatic rings. The standard InChI is InChI=1S/C58H88O17/c1-26-14-13-15-56(11)23-30(5)31(6)24-58(56)54(67)46(55(68)75-58)53(66)57(12)47(28(3)18-37-39(61)19-38(60)32(7)48(37)57)27(2)16-36(25-59)17-29(4)50(26)72-44-21-41(63)52(34(9)70-44)74-45-22-42(64)51(35(10)71-45)73-43-20-40(62)49(65)33(8)69-43/h16,18,23,26,29,31-37,39-45,47-52,59,61-66H,13-15,17,19-22,24-25H2,1-12H3/t26-,29-,31-,32+,33-,34-,35-,36+,37-,39+,40+,41+,42+,43+,44+,45+,47+,48-,49-,50-,51-,52-,56-,57+,58-/m1/s1. The van der Waals surface area contributed by atoms with Crippen molar-refractivity contribution in [3.63, 3.8) is 0 Å². The van der Waals surface area contributed by atoms with Crippen LogP contribution in [0.15, 0.2) is 46.3 Å². The predicted molar refractivity (Wildman–Crippen MR) is 273 cm³/mol. The second-order valence-electron chi connectivity index (χ2n) is 24.9. The molecule has 5 fully saturated rings. The Labute approximate surface area is 443 Å². The highest BCUT2D eigenvalue weighted by Crippen LogP contribution is 2.62. The van der Waals surface area contributed by atoms with E-state index in [9.17, 15) is 45.3 Å². The minimum atomic E-state index is -1.62. The van der Waals surface area contributed by atoms with Gasteiger partial charge in [0.1, 0.15) is 35.4 Å². The molecule has 4 aliphatic carbocycles. The Hall–Kier alpha value is -2.91. The van der Waals surface area contributed by atoms with Crippen molar-refractivity contribution in [2.45, 2.75) is 232 Å². The molecule has 2 bridgehead atoms. The summed E-state index contributed by atoms with van der Waals surface area (Å²) in [5.74, 6) is -5.42. The van der Waals surface area contributed by atoms with Crippen LogP contribution < -0.4 is 0 Å². The van der Waals surface area contributed by atoms with Crippen LogP contribution in [0.2, 0.25) is 0 Å². The number of fused-ring (bicyclic) bond motifs is 4. The number of carbonyl (C=O) groups is 3. The Balaban J connectivity index is 1.07. The highest BCUT2D eigenvalue weighted by molar-refractivity contribution is 6.26. The van der Waals surface area contributed by atoms with Crippen LogP contribution in [-0.2, 0) is 47.5 Å². The fourth-order valence-electron chi connectivity index (χ4n) is 15.3. The number of Topliss-reactive ketones (excluding diaryl/α,β-unsaturated/α-hetero) is 2. The van der Waals surface area contributed by atoms with Gasteiger partial charge >= 0.3 is 5.97 Å². The van der Waals surface area contributed by atoms with Crippen LogP contribution in [0.1, 0.15) is 141 Å². The van der Waals surface area contributed by atoms with E-state index in [1.54, 1.807) is 27.7 Å². The van der Waals surface area contributed by atoms with Gasteiger partial charge in [-0.05, 0) is 84.5 Å². The molecule has 1 spiro atoms. The van der Waals surface area contributed by atoms with Crippen molar-refractivity contribution in [2.24, 2.45) is 58.2 Å². The number of ketones is 2. The van der Waals surface area contributed by atoms with Crippen LogP contribution in [0.5, 0.6) is 0 Å². The van der Waals surface area contributed by atoms with E-state index in [0.29, 0.717) is 25.7 Å². The number of allylic oxidation sites excluding steroid dienone is 4. The van der Waals surface area contributed by atoms with Crippen LogP contribution >= 0.6 is 0 Å². The van der Waals surface area contributed by atoms with Gasteiger partial charge in [-0.15, -0.1) is 0 Å². The maximum absolute atomic E-state index is 15.5. The molecule has 1 saturated carbocycles. The zero-order valence-corrected chi connectivity index (χ0v) is 46.2. The normalized spacial score (nSPS) is 49.4.